The second-order valence-corrected chi connectivity index (χ2v) is 8.42. The highest BCUT2D eigenvalue weighted by Crippen LogP contribution is 2.36. The van der Waals surface area contributed by atoms with Gasteiger partial charge in [-0.1, -0.05) is 6.92 Å². The van der Waals surface area contributed by atoms with Crippen LogP contribution in [0.25, 0.3) is 0 Å². The van der Waals surface area contributed by atoms with E-state index in [4.69, 9.17) is 5.84 Å². The lowest BCUT2D eigenvalue weighted by molar-refractivity contribution is 0.564. The summed E-state index contributed by atoms with van der Waals surface area (Å²) >= 11 is 10.6. The summed E-state index contributed by atoms with van der Waals surface area (Å²) in [5.41, 5.74) is 2.91. The summed E-state index contributed by atoms with van der Waals surface area (Å²) in [6, 6.07) is 6.69. The molecule has 3 N–H and O–H groups in total. The fourth-order valence-electron chi connectivity index (χ4n) is 1.70. The van der Waals surface area contributed by atoms with Crippen LogP contribution in [-0.2, 0) is 12.8 Å². The maximum atomic E-state index is 5.68. The molecular weight excluding hydrogens is 396 g/mol. The van der Waals surface area contributed by atoms with E-state index >= 15 is 0 Å². The molecule has 0 aromatic carbocycles. The number of rotatable bonds is 5. The Labute approximate surface area is 132 Å². The highest BCUT2D eigenvalue weighted by molar-refractivity contribution is 9.13. The van der Waals surface area contributed by atoms with E-state index in [1.807, 2.05) is 11.3 Å². The molecule has 2 heterocycles. The SMILES string of the molecule is CCc1ccc(CC(NN)c2cc(Br)c(Br)s2)s1. The molecule has 0 aliphatic heterocycles. The molecule has 98 valence electrons. The molecule has 0 spiro atoms. The van der Waals surface area contributed by atoms with Gasteiger partial charge >= 0.3 is 0 Å². The Morgan fingerprint density at radius 3 is 2.50 bits per heavy atom. The number of hydrogen-bond donors (Lipinski definition) is 2. The fourth-order valence-corrected chi connectivity index (χ4v) is 4.85. The lowest BCUT2D eigenvalue weighted by Gasteiger charge is -2.12. The van der Waals surface area contributed by atoms with E-state index in [0.29, 0.717) is 0 Å². The number of halogens is 2. The molecule has 2 rings (SSSR count). The molecule has 0 aliphatic rings. The Kier molecular flexibility index (Phi) is 5.41. The highest BCUT2D eigenvalue weighted by Gasteiger charge is 2.16. The largest absolute Gasteiger partial charge is 0.271 e. The van der Waals surface area contributed by atoms with Gasteiger partial charge in [0.05, 0.1) is 9.83 Å². The van der Waals surface area contributed by atoms with Gasteiger partial charge in [-0.25, -0.2) is 0 Å². The number of nitrogens with one attached hydrogen (secondary N) is 1. The van der Waals surface area contributed by atoms with Gasteiger partial charge in [0.25, 0.3) is 0 Å². The van der Waals surface area contributed by atoms with Crippen LogP contribution in [0.4, 0.5) is 0 Å². The molecule has 0 saturated carbocycles. The first-order valence-corrected chi connectivity index (χ1v) is 8.84. The van der Waals surface area contributed by atoms with Crippen LogP contribution in [0.2, 0.25) is 0 Å². The Morgan fingerprint density at radius 1 is 1.28 bits per heavy atom. The average Bonchev–Trinajstić information content (AvgIpc) is 2.94. The van der Waals surface area contributed by atoms with Crippen molar-refractivity contribution in [1.82, 2.24) is 5.43 Å². The summed E-state index contributed by atoms with van der Waals surface area (Å²) in [6.45, 7) is 2.18. The quantitative estimate of drug-likeness (QED) is 0.557. The van der Waals surface area contributed by atoms with Crippen molar-refractivity contribution in [2.75, 3.05) is 0 Å². The van der Waals surface area contributed by atoms with Gasteiger partial charge in [-0.05, 0) is 56.5 Å². The molecule has 2 aromatic heterocycles. The van der Waals surface area contributed by atoms with Crippen LogP contribution in [0.15, 0.2) is 26.5 Å². The zero-order chi connectivity index (χ0) is 13.1. The lowest BCUT2D eigenvalue weighted by atomic mass is 10.1. The van der Waals surface area contributed by atoms with E-state index < -0.39 is 0 Å². The Bertz CT molecular complexity index is 502. The molecule has 0 aliphatic carbocycles. The fraction of sp³-hybridized carbons (Fsp3) is 0.333. The van der Waals surface area contributed by atoms with E-state index in [0.717, 1.165) is 21.1 Å². The minimum atomic E-state index is 0.168. The number of hydrazine groups is 1. The normalized spacial score (nSPS) is 12.9. The molecular formula is C12H14Br2N2S2. The third-order valence-electron chi connectivity index (χ3n) is 2.68. The van der Waals surface area contributed by atoms with Crippen LogP contribution in [0.5, 0.6) is 0 Å². The monoisotopic (exact) mass is 408 g/mol. The van der Waals surface area contributed by atoms with Crippen molar-refractivity contribution in [3.05, 3.63) is 41.1 Å². The van der Waals surface area contributed by atoms with E-state index in [9.17, 15) is 0 Å². The van der Waals surface area contributed by atoms with Crippen LogP contribution in [0, 0.1) is 0 Å². The van der Waals surface area contributed by atoms with Crippen LogP contribution in [0.3, 0.4) is 0 Å². The summed E-state index contributed by atoms with van der Waals surface area (Å²) in [5, 5.41) is 0. The van der Waals surface area contributed by atoms with Crippen molar-refractivity contribution < 1.29 is 0 Å². The molecule has 6 heteroatoms. The van der Waals surface area contributed by atoms with Gasteiger partial charge in [0, 0.05) is 25.5 Å². The third kappa shape index (κ3) is 3.43. The summed E-state index contributed by atoms with van der Waals surface area (Å²) < 4.78 is 2.20. The second-order valence-electron chi connectivity index (χ2n) is 3.92. The van der Waals surface area contributed by atoms with E-state index in [-0.39, 0.29) is 6.04 Å². The minimum absolute atomic E-state index is 0.168. The van der Waals surface area contributed by atoms with E-state index in [1.54, 1.807) is 11.3 Å². The summed E-state index contributed by atoms with van der Waals surface area (Å²) in [4.78, 5) is 4.03. The van der Waals surface area contributed by atoms with Gasteiger partial charge in [0.2, 0.25) is 0 Å². The molecule has 0 amide bonds. The number of nitrogens with two attached hydrogens (primary N) is 1. The molecule has 2 aromatic rings. The smallest absolute Gasteiger partial charge is 0.0843 e. The van der Waals surface area contributed by atoms with Gasteiger partial charge in [-0.3, -0.25) is 11.3 Å². The molecule has 1 atom stereocenters. The maximum absolute atomic E-state index is 5.68. The van der Waals surface area contributed by atoms with Crippen molar-refractivity contribution in [3.63, 3.8) is 0 Å². The molecule has 0 saturated heterocycles. The van der Waals surface area contributed by atoms with Crippen LogP contribution in [0.1, 0.15) is 27.6 Å². The van der Waals surface area contributed by atoms with Crippen LogP contribution < -0.4 is 11.3 Å². The topological polar surface area (TPSA) is 38.0 Å². The van der Waals surface area contributed by atoms with Gasteiger partial charge in [-0.15, -0.1) is 22.7 Å². The zero-order valence-corrected chi connectivity index (χ0v) is 14.7. The molecule has 0 fully saturated rings. The molecule has 1 unspecified atom stereocenters. The molecule has 18 heavy (non-hydrogen) atoms. The van der Waals surface area contributed by atoms with Gasteiger partial charge in [-0.2, -0.15) is 0 Å². The van der Waals surface area contributed by atoms with Crippen molar-refractivity contribution in [1.29, 1.82) is 0 Å². The second kappa shape index (κ2) is 6.63. The van der Waals surface area contributed by atoms with Crippen LogP contribution in [-0.4, -0.2) is 0 Å². The number of aryl methyl sites for hydroxylation is 1. The molecule has 0 radical (unpaired) electrons. The first-order chi connectivity index (χ1) is 8.63. The van der Waals surface area contributed by atoms with Crippen molar-refractivity contribution in [2.45, 2.75) is 25.8 Å². The van der Waals surface area contributed by atoms with Gasteiger partial charge in [0.1, 0.15) is 0 Å². The Morgan fingerprint density at radius 2 is 2.00 bits per heavy atom. The first kappa shape index (κ1) is 14.7. The Balaban J connectivity index is 2.14. The van der Waals surface area contributed by atoms with Crippen molar-refractivity contribution in [3.8, 4) is 0 Å². The standard InChI is InChI=1S/C12H14Br2N2S2/c1-2-7-3-4-8(17-7)5-10(16-15)11-6-9(13)12(14)18-11/h3-4,6,10,16H,2,5,15H2,1H3. The molecule has 0 bridgehead atoms. The summed E-state index contributed by atoms with van der Waals surface area (Å²) in [6.07, 6.45) is 2.03. The average molecular weight is 410 g/mol. The van der Waals surface area contributed by atoms with Gasteiger partial charge in [0.15, 0.2) is 0 Å². The van der Waals surface area contributed by atoms with E-state index in [2.05, 4.69) is 62.4 Å². The van der Waals surface area contributed by atoms with E-state index in [1.165, 1.54) is 14.6 Å². The first-order valence-electron chi connectivity index (χ1n) is 5.62. The highest BCUT2D eigenvalue weighted by atomic mass is 79.9. The predicted octanol–water partition coefficient (Wildman–Crippen LogP) is 4.64. The third-order valence-corrected chi connectivity index (χ3v) is 7.30. The Hall–Kier alpha value is 0.280. The molecule has 2 nitrogen and oxygen atoms in total. The summed E-state index contributed by atoms with van der Waals surface area (Å²) in [5.74, 6) is 5.68. The van der Waals surface area contributed by atoms with Gasteiger partial charge < -0.3 is 0 Å². The number of thiophene rings is 2. The lowest BCUT2D eigenvalue weighted by Crippen LogP contribution is -2.28. The number of hydrogen-bond acceptors (Lipinski definition) is 4. The van der Waals surface area contributed by atoms with Crippen molar-refractivity contribution >= 4 is 54.5 Å². The zero-order valence-electron chi connectivity index (χ0n) is 9.87. The predicted molar refractivity (Wildman–Crippen MR) is 87.2 cm³/mol. The minimum Gasteiger partial charge on any atom is -0.271 e. The van der Waals surface area contributed by atoms with Crippen molar-refractivity contribution in [2.24, 2.45) is 5.84 Å². The summed E-state index contributed by atoms with van der Waals surface area (Å²) in [7, 11) is 0. The van der Waals surface area contributed by atoms with Crippen LogP contribution >= 0.6 is 54.5 Å². The maximum Gasteiger partial charge on any atom is 0.0843 e.